The van der Waals surface area contributed by atoms with Crippen molar-refractivity contribution in [3.05, 3.63) is 85.1 Å². The van der Waals surface area contributed by atoms with Crippen LogP contribution in [-0.2, 0) is 18.4 Å². The predicted octanol–water partition coefficient (Wildman–Crippen LogP) is 16.6. The molecule has 2 N–H and O–H groups in total. The highest BCUT2D eigenvalue weighted by Crippen LogP contribution is 2.38. The van der Waals surface area contributed by atoms with Gasteiger partial charge in [0.2, 0.25) is 5.91 Å². The van der Waals surface area contributed by atoms with Crippen molar-refractivity contribution < 1.29 is 32.9 Å². The van der Waals surface area contributed by atoms with Gasteiger partial charge in [-0.2, -0.15) is 0 Å². The first-order valence-corrected chi connectivity index (χ1v) is 29.9. The third kappa shape index (κ3) is 53.3. The van der Waals surface area contributed by atoms with Crippen molar-refractivity contribution in [2.24, 2.45) is 0 Å². The van der Waals surface area contributed by atoms with Crippen LogP contribution in [0.25, 0.3) is 0 Å². The summed E-state index contributed by atoms with van der Waals surface area (Å²) in [6.45, 7) is 4.51. The van der Waals surface area contributed by atoms with Gasteiger partial charge in [-0.25, -0.2) is 0 Å². The Morgan fingerprint density at radius 2 is 0.884 bits per heavy atom. The zero-order valence-electron chi connectivity index (χ0n) is 45.5. The quantitative estimate of drug-likeness (QED) is 0.0272. The summed E-state index contributed by atoms with van der Waals surface area (Å²) in [7, 11) is 1.26. The van der Waals surface area contributed by atoms with E-state index in [-0.39, 0.29) is 19.1 Å². The average Bonchev–Trinajstić information content (AvgIpc) is 3.31. The first-order valence-electron chi connectivity index (χ1n) is 28.4. The minimum atomic E-state index is -4.59. The molecule has 3 unspecified atom stereocenters. The molecule has 0 aromatic carbocycles. The highest BCUT2D eigenvalue weighted by Gasteiger charge is 2.23. The first-order chi connectivity index (χ1) is 33.5. The van der Waals surface area contributed by atoms with E-state index in [0.29, 0.717) is 17.4 Å². The number of hydrogen-bond acceptors (Lipinski definition) is 6. The van der Waals surface area contributed by atoms with Crippen LogP contribution in [0, 0.1) is 0 Å². The van der Waals surface area contributed by atoms with Crippen molar-refractivity contribution in [3.63, 3.8) is 0 Å². The van der Waals surface area contributed by atoms with Gasteiger partial charge in [0.15, 0.2) is 0 Å². The Morgan fingerprint density at radius 1 is 0.522 bits per heavy atom. The molecule has 0 saturated heterocycles. The first kappa shape index (κ1) is 66.7. The third-order valence-electron chi connectivity index (χ3n) is 12.4. The van der Waals surface area contributed by atoms with Gasteiger partial charge in [0.05, 0.1) is 39.9 Å². The van der Waals surface area contributed by atoms with Gasteiger partial charge in [-0.05, 0) is 70.6 Å². The molecular formula is C60H109N2O6P. The Morgan fingerprint density at radius 3 is 1.29 bits per heavy atom. The summed E-state index contributed by atoms with van der Waals surface area (Å²) in [5, 5.41) is 13.8. The number of phosphoric acid groups is 1. The van der Waals surface area contributed by atoms with Gasteiger partial charge >= 0.3 is 0 Å². The second-order valence-corrected chi connectivity index (χ2v) is 21.7. The van der Waals surface area contributed by atoms with Crippen LogP contribution < -0.4 is 10.2 Å². The van der Waals surface area contributed by atoms with Crippen molar-refractivity contribution in [1.82, 2.24) is 5.32 Å². The van der Waals surface area contributed by atoms with Crippen LogP contribution >= 0.6 is 7.82 Å². The zero-order valence-corrected chi connectivity index (χ0v) is 46.4. The smallest absolute Gasteiger partial charge is 0.268 e. The van der Waals surface area contributed by atoms with Crippen molar-refractivity contribution in [2.75, 3.05) is 40.9 Å². The number of rotatable bonds is 51. The number of likely N-dealkylation sites (N-methyl/N-ethyl adjacent to an activating group) is 1. The number of quaternary nitrogens is 1. The standard InChI is InChI=1S/C60H109N2O6P/c1-6-8-10-12-14-16-18-19-20-21-22-23-24-25-26-27-28-29-30-31-32-33-34-35-36-37-38-39-40-41-42-43-44-46-48-50-52-54-60(64)61-58(57-68-69(65,66)67-56-55-62(3,4)5)59(63)53-51-49-47-45-17-15-13-11-9-7-2/h8,10,14,16,19-20,22-23,25-26,28-29,51,53,58-59,63H,6-7,9,11-13,15,17-18,21,24,27,30-50,52,54-57H2,1-5H3,(H-,61,64,65,66)/b10-8-,16-14-,20-19-,23-22-,26-25-,29-28-,53-51+. The molecule has 0 bridgehead atoms. The molecule has 400 valence electrons. The number of hydrogen-bond donors (Lipinski definition) is 2. The van der Waals surface area contributed by atoms with Gasteiger partial charge in [-0.15, -0.1) is 0 Å². The van der Waals surface area contributed by atoms with E-state index in [1.807, 2.05) is 27.2 Å². The molecule has 0 spiro atoms. The maximum atomic E-state index is 12.9. The zero-order chi connectivity index (χ0) is 50.6. The molecule has 0 fully saturated rings. The Kier molecular flexibility index (Phi) is 48.9. The summed E-state index contributed by atoms with van der Waals surface area (Å²) in [4.78, 5) is 25.4. The fraction of sp³-hybridized carbons (Fsp3) is 0.750. The molecule has 3 atom stereocenters. The Balaban J connectivity index is 3.94. The molecule has 1 amide bonds. The Labute approximate surface area is 426 Å². The van der Waals surface area contributed by atoms with Gasteiger partial charge in [0.1, 0.15) is 13.2 Å². The number of amides is 1. The van der Waals surface area contributed by atoms with Gasteiger partial charge in [-0.3, -0.25) is 9.36 Å². The molecule has 9 heteroatoms. The molecule has 8 nitrogen and oxygen atoms in total. The van der Waals surface area contributed by atoms with E-state index in [2.05, 4.69) is 92.1 Å². The number of carbonyl (C=O) groups is 1. The molecule has 0 aliphatic rings. The lowest BCUT2D eigenvalue weighted by atomic mass is 10.0. The minimum Gasteiger partial charge on any atom is -0.756 e. The minimum absolute atomic E-state index is 0.00253. The summed E-state index contributed by atoms with van der Waals surface area (Å²) >= 11 is 0. The molecule has 0 saturated carbocycles. The molecule has 0 heterocycles. The maximum absolute atomic E-state index is 12.9. The normalized spacial score (nSPS) is 14.6. The molecule has 0 aliphatic heterocycles. The Hall–Kier alpha value is -2.32. The molecule has 0 radical (unpaired) electrons. The van der Waals surface area contributed by atoms with Crippen LogP contribution in [0.1, 0.15) is 239 Å². The van der Waals surface area contributed by atoms with Gasteiger partial charge in [0, 0.05) is 6.42 Å². The molecule has 69 heavy (non-hydrogen) atoms. The number of carbonyl (C=O) groups excluding carboxylic acids is 1. The van der Waals surface area contributed by atoms with Gasteiger partial charge in [-0.1, -0.05) is 247 Å². The second-order valence-electron chi connectivity index (χ2n) is 20.3. The largest absolute Gasteiger partial charge is 0.756 e. The predicted molar refractivity (Wildman–Crippen MR) is 297 cm³/mol. The molecule has 0 aromatic rings. The number of nitrogens with zero attached hydrogens (tertiary/aromatic N) is 1. The van der Waals surface area contributed by atoms with Crippen molar-refractivity contribution in [2.45, 2.75) is 251 Å². The number of aliphatic hydroxyl groups is 1. The lowest BCUT2D eigenvalue weighted by Crippen LogP contribution is -2.45. The molecule has 0 aromatic heterocycles. The van der Waals surface area contributed by atoms with Gasteiger partial charge < -0.3 is 28.8 Å². The van der Waals surface area contributed by atoms with E-state index < -0.39 is 20.0 Å². The van der Waals surface area contributed by atoms with Gasteiger partial charge in [0.25, 0.3) is 7.82 Å². The molecular weight excluding hydrogens is 876 g/mol. The molecule has 0 aliphatic carbocycles. The summed E-state index contributed by atoms with van der Waals surface area (Å²) < 4.78 is 23.2. The van der Waals surface area contributed by atoms with E-state index in [4.69, 9.17) is 9.05 Å². The number of allylic oxidation sites excluding steroid dienone is 13. The van der Waals surface area contributed by atoms with Crippen LogP contribution in [-0.4, -0.2) is 68.5 Å². The monoisotopic (exact) mass is 985 g/mol. The lowest BCUT2D eigenvalue weighted by molar-refractivity contribution is -0.870. The SMILES string of the molecule is CC/C=C\C/C=C\C/C=C\C/C=C\C/C=C\C/C=C\CCCCCCCCCCCCCCCCCCCCC(=O)NC(COP(=O)([O-])OCC[N+](C)(C)C)C(O)/C=C/CCCCCCCCCC. The summed E-state index contributed by atoms with van der Waals surface area (Å²) in [6.07, 6.45) is 71.1. The fourth-order valence-electron chi connectivity index (χ4n) is 7.92. The van der Waals surface area contributed by atoms with Crippen LogP contribution in [0.15, 0.2) is 85.1 Å². The Bertz CT molecular complexity index is 1400. The summed E-state index contributed by atoms with van der Waals surface area (Å²) in [5.41, 5.74) is 0. The number of unbranched alkanes of at least 4 members (excludes halogenated alkanes) is 26. The highest BCUT2D eigenvalue weighted by molar-refractivity contribution is 7.45. The van der Waals surface area contributed by atoms with E-state index >= 15 is 0 Å². The van der Waals surface area contributed by atoms with Crippen LogP contribution in [0.4, 0.5) is 0 Å². The second kappa shape index (κ2) is 50.6. The van der Waals surface area contributed by atoms with Crippen molar-refractivity contribution in [3.8, 4) is 0 Å². The number of nitrogens with one attached hydrogen (secondary N) is 1. The van der Waals surface area contributed by atoms with E-state index in [1.165, 1.54) is 141 Å². The highest BCUT2D eigenvalue weighted by atomic mass is 31.2. The average molecular weight is 986 g/mol. The van der Waals surface area contributed by atoms with E-state index in [0.717, 1.165) is 77.0 Å². The summed E-state index contributed by atoms with van der Waals surface area (Å²) in [5.74, 6) is -0.200. The number of aliphatic hydroxyl groups excluding tert-OH is 1. The van der Waals surface area contributed by atoms with E-state index in [1.54, 1.807) is 6.08 Å². The topological polar surface area (TPSA) is 108 Å². The summed E-state index contributed by atoms with van der Waals surface area (Å²) in [6, 6.07) is -0.887. The van der Waals surface area contributed by atoms with Crippen LogP contribution in [0.5, 0.6) is 0 Å². The fourth-order valence-corrected chi connectivity index (χ4v) is 8.64. The van der Waals surface area contributed by atoms with Crippen LogP contribution in [0.2, 0.25) is 0 Å². The van der Waals surface area contributed by atoms with Crippen molar-refractivity contribution in [1.29, 1.82) is 0 Å². The number of phosphoric ester groups is 1. The lowest BCUT2D eigenvalue weighted by Gasteiger charge is -2.29. The molecule has 0 rings (SSSR count). The van der Waals surface area contributed by atoms with E-state index in [9.17, 15) is 19.4 Å². The van der Waals surface area contributed by atoms with Crippen LogP contribution in [0.3, 0.4) is 0 Å². The van der Waals surface area contributed by atoms with Crippen molar-refractivity contribution >= 4 is 13.7 Å². The maximum Gasteiger partial charge on any atom is 0.268 e. The third-order valence-corrected chi connectivity index (χ3v) is 13.3.